The number of nitrogens with zero attached hydrogens (tertiary/aromatic N) is 1. The Morgan fingerprint density at radius 1 is 1.22 bits per heavy atom. The van der Waals surface area contributed by atoms with Gasteiger partial charge in [0, 0.05) is 51.9 Å². The van der Waals surface area contributed by atoms with Gasteiger partial charge < -0.3 is 15.0 Å². The number of piperidine rings is 1. The van der Waals surface area contributed by atoms with Crippen molar-refractivity contribution in [2.24, 2.45) is 11.8 Å². The van der Waals surface area contributed by atoms with Gasteiger partial charge in [0.25, 0.3) is 0 Å². The van der Waals surface area contributed by atoms with Crippen molar-refractivity contribution in [3.8, 4) is 0 Å². The van der Waals surface area contributed by atoms with Gasteiger partial charge in [0.05, 0.1) is 5.92 Å². The number of carbonyl (C=O) groups is 2. The molecule has 1 aliphatic carbocycles. The van der Waals surface area contributed by atoms with Gasteiger partial charge in [-0.25, -0.2) is 0 Å². The molecule has 2 aliphatic rings. The molecule has 0 spiro atoms. The van der Waals surface area contributed by atoms with Crippen LogP contribution in [0.1, 0.15) is 54.9 Å². The summed E-state index contributed by atoms with van der Waals surface area (Å²) in [5, 5.41) is 13.5. The molecule has 1 saturated carbocycles. The van der Waals surface area contributed by atoms with Crippen molar-refractivity contribution in [1.82, 2.24) is 9.88 Å². The molecule has 32 heavy (non-hydrogen) atoms. The summed E-state index contributed by atoms with van der Waals surface area (Å²) in [6, 6.07) is 9.99. The summed E-state index contributed by atoms with van der Waals surface area (Å²) in [5.41, 5.74) is 2.07. The maximum absolute atomic E-state index is 13.7. The summed E-state index contributed by atoms with van der Waals surface area (Å²) in [7, 11) is 0. The Morgan fingerprint density at radius 2 is 2.06 bits per heavy atom. The molecule has 1 saturated heterocycles. The number of thiophene rings is 1. The minimum atomic E-state index is -0.706. The molecule has 7 heteroatoms. The highest BCUT2D eigenvalue weighted by Gasteiger charge is 2.44. The van der Waals surface area contributed by atoms with Gasteiger partial charge in [-0.15, -0.1) is 11.3 Å². The third-order valence-electron chi connectivity index (χ3n) is 7.33. The van der Waals surface area contributed by atoms with Crippen LogP contribution in [0, 0.1) is 11.8 Å². The lowest BCUT2D eigenvalue weighted by atomic mass is 9.71. The zero-order valence-electron chi connectivity index (χ0n) is 17.8. The largest absolute Gasteiger partial charge is 0.481 e. The lowest BCUT2D eigenvalue weighted by Gasteiger charge is -2.47. The summed E-state index contributed by atoms with van der Waals surface area (Å²) in [6.45, 7) is 0.539. The van der Waals surface area contributed by atoms with E-state index in [0.717, 1.165) is 47.0 Å². The quantitative estimate of drug-likeness (QED) is 0.487. The number of rotatable bonds is 5. The fourth-order valence-corrected chi connectivity index (χ4v) is 6.84. The van der Waals surface area contributed by atoms with Gasteiger partial charge in [0.1, 0.15) is 0 Å². The van der Waals surface area contributed by atoms with Gasteiger partial charge in [0.2, 0.25) is 5.91 Å². The number of carboxylic acids is 1. The van der Waals surface area contributed by atoms with E-state index in [-0.39, 0.29) is 29.7 Å². The predicted octanol–water partition coefficient (Wildman–Crippen LogP) is 5.90. The molecule has 1 amide bonds. The first-order valence-corrected chi connectivity index (χ1v) is 12.6. The van der Waals surface area contributed by atoms with Gasteiger partial charge in [0.15, 0.2) is 0 Å². The highest BCUT2D eigenvalue weighted by molar-refractivity contribution is 7.10. The number of likely N-dealkylation sites (tertiary alicyclic amines) is 1. The first kappa shape index (κ1) is 21.5. The number of nitrogens with one attached hydrogen (secondary N) is 1. The molecule has 5 nitrogen and oxygen atoms in total. The van der Waals surface area contributed by atoms with Crippen LogP contribution < -0.4 is 0 Å². The van der Waals surface area contributed by atoms with E-state index in [9.17, 15) is 14.7 Å². The third-order valence-corrected chi connectivity index (χ3v) is 8.55. The number of carbonyl (C=O) groups excluding carboxylic acids is 1. The van der Waals surface area contributed by atoms with Crippen LogP contribution in [-0.2, 0) is 9.59 Å². The second-order valence-electron chi connectivity index (χ2n) is 9.04. The van der Waals surface area contributed by atoms with Crippen LogP contribution in [0.2, 0.25) is 5.02 Å². The highest BCUT2D eigenvalue weighted by atomic mass is 35.5. The van der Waals surface area contributed by atoms with Gasteiger partial charge in [-0.3, -0.25) is 9.59 Å². The molecular weight excluding hydrogens is 444 g/mol. The average Bonchev–Trinajstić information content (AvgIpc) is 3.46. The lowest BCUT2D eigenvalue weighted by molar-refractivity contribution is -0.153. The van der Waals surface area contributed by atoms with Gasteiger partial charge >= 0.3 is 5.97 Å². The topological polar surface area (TPSA) is 73.4 Å². The fourth-order valence-electron chi connectivity index (χ4n) is 5.83. The second kappa shape index (κ2) is 8.91. The summed E-state index contributed by atoms with van der Waals surface area (Å²) < 4.78 is 0. The van der Waals surface area contributed by atoms with E-state index >= 15 is 0 Å². The van der Waals surface area contributed by atoms with Crippen LogP contribution in [0.3, 0.4) is 0 Å². The number of hydrogen-bond acceptors (Lipinski definition) is 3. The van der Waals surface area contributed by atoms with Crippen LogP contribution in [0.25, 0.3) is 10.9 Å². The van der Waals surface area contributed by atoms with Crippen molar-refractivity contribution in [2.45, 2.75) is 50.5 Å². The number of aromatic amines is 1. The molecule has 4 atom stereocenters. The Hall–Kier alpha value is -2.31. The van der Waals surface area contributed by atoms with Crippen molar-refractivity contribution in [3.63, 3.8) is 0 Å². The highest BCUT2D eigenvalue weighted by Crippen LogP contribution is 2.41. The molecule has 3 aromatic rings. The van der Waals surface area contributed by atoms with Crippen molar-refractivity contribution >= 4 is 45.7 Å². The van der Waals surface area contributed by atoms with Gasteiger partial charge in [-0.05, 0) is 54.3 Å². The molecule has 2 fully saturated rings. The van der Waals surface area contributed by atoms with Crippen LogP contribution in [-0.4, -0.2) is 39.5 Å². The first-order chi connectivity index (χ1) is 15.5. The minimum Gasteiger partial charge on any atom is -0.481 e. The number of benzene rings is 1. The standard InChI is InChI=1S/C25H27ClN2O3S/c26-15-7-8-16-20(14-27-21(16)12-15)19(23-6-3-11-32-23)13-24(29)28-10-9-18(25(30)31)17-4-1-2-5-22(17)28/h3,6-8,11-12,14,17-19,22,27H,1-2,4-5,9-10,13H2,(H,30,31). The molecule has 0 radical (unpaired) electrons. The van der Waals surface area contributed by atoms with Crippen molar-refractivity contribution in [3.05, 3.63) is 57.4 Å². The maximum Gasteiger partial charge on any atom is 0.306 e. The van der Waals surface area contributed by atoms with Crippen molar-refractivity contribution in [2.75, 3.05) is 6.54 Å². The monoisotopic (exact) mass is 470 g/mol. The molecule has 5 rings (SSSR count). The van der Waals surface area contributed by atoms with E-state index < -0.39 is 5.97 Å². The molecule has 2 aromatic heterocycles. The summed E-state index contributed by atoms with van der Waals surface area (Å²) >= 11 is 7.84. The van der Waals surface area contributed by atoms with E-state index in [1.165, 1.54) is 0 Å². The third kappa shape index (κ3) is 3.95. The summed E-state index contributed by atoms with van der Waals surface area (Å²) in [5.74, 6) is -0.864. The predicted molar refractivity (Wildman–Crippen MR) is 127 cm³/mol. The van der Waals surface area contributed by atoms with Crippen LogP contribution in [0.4, 0.5) is 0 Å². The number of fused-ring (bicyclic) bond motifs is 2. The SMILES string of the molecule is O=C(O)C1CCN(C(=O)CC(c2cccs2)c2c[nH]c3cc(Cl)ccc23)C2CCCCC12. The average molecular weight is 471 g/mol. The molecule has 1 aliphatic heterocycles. The lowest BCUT2D eigenvalue weighted by Crippen LogP contribution is -2.54. The van der Waals surface area contributed by atoms with Crippen molar-refractivity contribution < 1.29 is 14.7 Å². The molecule has 2 N–H and O–H groups in total. The Bertz CT molecular complexity index is 1130. The molecule has 4 unspecified atom stereocenters. The molecule has 168 valence electrons. The number of carboxylic acid groups (broad SMARTS) is 1. The Balaban J connectivity index is 1.44. The van der Waals surface area contributed by atoms with Crippen LogP contribution >= 0.6 is 22.9 Å². The minimum absolute atomic E-state index is 0.0448. The number of H-pyrrole nitrogens is 1. The van der Waals surface area contributed by atoms with Crippen LogP contribution in [0.5, 0.6) is 0 Å². The molecular formula is C25H27ClN2O3S. The smallest absolute Gasteiger partial charge is 0.306 e. The fraction of sp³-hybridized carbons (Fsp3) is 0.440. The zero-order chi connectivity index (χ0) is 22.2. The van der Waals surface area contributed by atoms with E-state index in [0.29, 0.717) is 24.4 Å². The van der Waals surface area contributed by atoms with Crippen molar-refractivity contribution in [1.29, 1.82) is 0 Å². The second-order valence-corrected chi connectivity index (χ2v) is 10.5. The normalized spacial score (nSPS) is 24.3. The summed E-state index contributed by atoms with van der Waals surface area (Å²) in [4.78, 5) is 32.0. The molecule has 3 heterocycles. The van der Waals surface area contributed by atoms with Crippen LogP contribution in [0.15, 0.2) is 41.9 Å². The summed E-state index contributed by atoms with van der Waals surface area (Å²) in [6.07, 6.45) is 6.88. The first-order valence-electron chi connectivity index (χ1n) is 11.3. The Labute approximate surface area is 196 Å². The van der Waals surface area contributed by atoms with Gasteiger partial charge in [-0.1, -0.05) is 36.6 Å². The van der Waals surface area contributed by atoms with E-state index in [4.69, 9.17) is 11.6 Å². The molecule has 0 bridgehead atoms. The van der Waals surface area contributed by atoms with Gasteiger partial charge in [-0.2, -0.15) is 0 Å². The number of aliphatic carboxylic acids is 1. The maximum atomic E-state index is 13.7. The van der Waals surface area contributed by atoms with E-state index in [1.54, 1.807) is 11.3 Å². The Kier molecular flexibility index (Phi) is 5.99. The van der Waals surface area contributed by atoms with E-state index in [1.807, 2.05) is 40.7 Å². The number of halogens is 1. The van der Waals surface area contributed by atoms with E-state index in [2.05, 4.69) is 11.1 Å². The Morgan fingerprint density at radius 3 is 2.84 bits per heavy atom. The zero-order valence-corrected chi connectivity index (χ0v) is 19.4. The molecule has 1 aromatic carbocycles. The number of aromatic nitrogens is 1. The number of hydrogen-bond donors (Lipinski definition) is 2. The number of amides is 1.